The van der Waals surface area contributed by atoms with Crippen molar-refractivity contribution in [2.24, 2.45) is 22.8 Å². The molecular formula is C21H32ClN3O. The van der Waals surface area contributed by atoms with Crippen LogP contribution in [0.15, 0.2) is 24.3 Å². The van der Waals surface area contributed by atoms with E-state index in [0.717, 1.165) is 44.0 Å². The Morgan fingerprint density at radius 3 is 2.35 bits per heavy atom. The van der Waals surface area contributed by atoms with Crippen molar-refractivity contribution in [1.29, 1.82) is 0 Å². The van der Waals surface area contributed by atoms with E-state index in [-0.39, 0.29) is 11.3 Å². The van der Waals surface area contributed by atoms with Crippen LogP contribution in [0.4, 0.5) is 0 Å². The molecule has 0 aromatic heterocycles. The topological polar surface area (TPSA) is 72.3 Å². The summed E-state index contributed by atoms with van der Waals surface area (Å²) in [6.45, 7) is 2.33. The van der Waals surface area contributed by atoms with E-state index in [2.05, 4.69) is 0 Å². The largest absolute Gasteiger partial charge is 0.341 e. The highest BCUT2D eigenvalue weighted by atomic mass is 35.5. The van der Waals surface area contributed by atoms with Crippen LogP contribution in [0.2, 0.25) is 5.02 Å². The highest BCUT2D eigenvalue weighted by Gasteiger charge is 2.41. The lowest BCUT2D eigenvalue weighted by Crippen LogP contribution is -2.53. The van der Waals surface area contributed by atoms with Gasteiger partial charge in [0.2, 0.25) is 5.91 Å². The monoisotopic (exact) mass is 377 g/mol. The zero-order chi connectivity index (χ0) is 18.6. The third-order valence-corrected chi connectivity index (χ3v) is 6.89. The van der Waals surface area contributed by atoms with Crippen molar-refractivity contribution in [3.8, 4) is 0 Å². The number of piperidine rings is 1. The molecule has 3 rings (SSSR count). The van der Waals surface area contributed by atoms with Crippen LogP contribution in [0.25, 0.3) is 0 Å². The number of rotatable bonds is 5. The van der Waals surface area contributed by atoms with Gasteiger partial charge in [0.05, 0.1) is 6.04 Å². The van der Waals surface area contributed by atoms with Crippen LogP contribution in [0.1, 0.15) is 50.5 Å². The number of carbonyl (C=O) groups is 1. The summed E-state index contributed by atoms with van der Waals surface area (Å²) in [5.74, 6) is 0.801. The maximum atomic E-state index is 12.8. The Kier molecular flexibility index (Phi) is 6.60. The summed E-state index contributed by atoms with van der Waals surface area (Å²) in [6, 6.07) is 7.07. The first-order valence-corrected chi connectivity index (χ1v) is 10.4. The molecule has 4 N–H and O–H groups in total. The van der Waals surface area contributed by atoms with Gasteiger partial charge in [-0.1, -0.05) is 43.0 Å². The van der Waals surface area contributed by atoms with Gasteiger partial charge in [0.25, 0.3) is 0 Å². The number of halogens is 1. The van der Waals surface area contributed by atoms with E-state index in [1.54, 1.807) is 0 Å². The van der Waals surface area contributed by atoms with Gasteiger partial charge in [-0.3, -0.25) is 4.79 Å². The maximum Gasteiger partial charge on any atom is 0.239 e. The Labute approximate surface area is 162 Å². The first kappa shape index (κ1) is 19.7. The average Bonchev–Trinajstić information content (AvgIpc) is 2.70. The van der Waals surface area contributed by atoms with Crippen LogP contribution in [-0.4, -0.2) is 36.5 Å². The Balaban J connectivity index is 1.56. The fourth-order valence-electron chi connectivity index (χ4n) is 4.86. The highest BCUT2D eigenvalue weighted by Crippen LogP contribution is 2.45. The summed E-state index contributed by atoms with van der Waals surface area (Å²) in [4.78, 5) is 14.7. The first-order chi connectivity index (χ1) is 12.5. The summed E-state index contributed by atoms with van der Waals surface area (Å²) in [5, 5.41) is 0.700. The molecule has 2 aliphatic rings. The second-order valence-electron chi connectivity index (χ2n) is 8.16. The molecule has 1 amide bonds. The van der Waals surface area contributed by atoms with Gasteiger partial charge in [0.15, 0.2) is 0 Å². The molecule has 2 fully saturated rings. The second kappa shape index (κ2) is 8.73. The fourth-order valence-corrected chi connectivity index (χ4v) is 4.99. The van der Waals surface area contributed by atoms with Gasteiger partial charge in [0.1, 0.15) is 0 Å². The Morgan fingerprint density at radius 2 is 1.77 bits per heavy atom. The summed E-state index contributed by atoms with van der Waals surface area (Å²) in [7, 11) is 0. The van der Waals surface area contributed by atoms with Crippen LogP contribution in [0, 0.1) is 11.3 Å². The lowest BCUT2D eigenvalue weighted by atomic mass is 9.64. The predicted molar refractivity (Wildman–Crippen MR) is 107 cm³/mol. The second-order valence-corrected chi connectivity index (χ2v) is 8.60. The van der Waals surface area contributed by atoms with E-state index in [9.17, 15) is 4.79 Å². The number of hydrogen-bond donors (Lipinski definition) is 2. The molecule has 1 atom stereocenters. The van der Waals surface area contributed by atoms with E-state index in [0.29, 0.717) is 11.4 Å². The number of amides is 1. The summed E-state index contributed by atoms with van der Waals surface area (Å²) in [6.07, 6.45) is 9.24. The molecule has 1 saturated heterocycles. The minimum Gasteiger partial charge on any atom is -0.341 e. The van der Waals surface area contributed by atoms with Crippen molar-refractivity contribution in [2.45, 2.75) is 57.4 Å². The molecular weight excluding hydrogens is 346 g/mol. The molecule has 4 nitrogen and oxygen atoms in total. The summed E-state index contributed by atoms with van der Waals surface area (Å²) < 4.78 is 0. The van der Waals surface area contributed by atoms with Gasteiger partial charge >= 0.3 is 0 Å². The molecule has 1 heterocycles. The number of carbonyl (C=O) groups excluding carboxylic acids is 1. The van der Waals surface area contributed by atoms with Crippen molar-refractivity contribution < 1.29 is 4.79 Å². The van der Waals surface area contributed by atoms with Crippen molar-refractivity contribution in [1.82, 2.24) is 4.90 Å². The molecule has 1 aromatic rings. The summed E-state index contributed by atoms with van der Waals surface area (Å²) in [5.41, 5.74) is 13.7. The van der Waals surface area contributed by atoms with Gasteiger partial charge in [-0.05, 0) is 67.7 Å². The molecule has 0 radical (unpaired) electrons. The zero-order valence-corrected chi connectivity index (χ0v) is 16.4. The molecule has 1 aliphatic heterocycles. The SMILES string of the molecule is NCC1(C2CCCCC2)CCN(C(=O)[C@H](N)Cc2ccc(Cl)cc2)CC1. The third-order valence-electron chi connectivity index (χ3n) is 6.63. The molecule has 144 valence electrons. The quantitative estimate of drug-likeness (QED) is 0.826. The highest BCUT2D eigenvalue weighted by molar-refractivity contribution is 6.30. The molecule has 1 aromatic carbocycles. The van der Waals surface area contributed by atoms with Gasteiger partial charge in [-0.15, -0.1) is 0 Å². The van der Waals surface area contributed by atoms with E-state index >= 15 is 0 Å². The zero-order valence-electron chi connectivity index (χ0n) is 15.6. The van der Waals surface area contributed by atoms with E-state index in [4.69, 9.17) is 23.1 Å². The molecule has 0 spiro atoms. The number of hydrogen-bond acceptors (Lipinski definition) is 3. The number of likely N-dealkylation sites (tertiary alicyclic amines) is 1. The standard InChI is InChI=1S/C21H32ClN3O/c22-18-8-6-16(7-9-18)14-19(24)20(26)25-12-10-21(15-23,11-13-25)17-4-2-1-3-5-17/h6-9,17,19H,1-5,10-15,23-24H2/t19-/m1/s1. The van der Waals surface area contributed by atoms with Gasteiger partial charge < -0.3 is 16.4 Å². The van der Waals surface area contributed by atoms with Gasteiger partial charge in [-0.25, -0.2) is 0 Å². The van der Waals surface area contributed by atoms with E-state index in [1.165, 1.54) is 32.1 Å². The minimum atomic E-state index is -0.490. The Morgan fingerprint density at radius 1 is 1.15 bits per heavy atom. The predicted octanol–water partition coefficient (Wildman–Crippen LogP) is 3.36. The fraction of sp³-hybridized carbons (Fsp3) is 0.667. The molecule has 0 bridgehead atoms. The lowest BCUT2D eigenvalue weighted by Gasteiger charge is -2.47. The molecule has 5 heteroatoms. The number of nitrogens with two attached hydrogens (primary N) is 2. The van der Waals surface area contributed by atoms with Crippen molar-refractivity contribution in [3.63, 3.8) is 0 Å². The van der Waals surface area contributed by atoms with Crippen molar-refractivity contribution in [2.75, 3.05) is 19.6 Å². The molecule has 26 heavy (non-hydrogen) atoms. The van der Waals surface area contributed by atoms with Gasteiger partial charge in [0, 0.05) is 18.1 Å². The van der Waals surface area contributed by atoms with Crippen LogP contribution in [0.5, 0.6) is 0 Å². The van der Waals surface area contributed by atoms with Gasteiger partial charge in [-0.2, -0.15) is 0 Å². The number of benzene rings is 1. The van der Waals surface area contributed by atoms with E-state index in [1.807, 2.05) is 29.2 Å². The van der Waals surface area contributed by atoms with E-state index < -0.39 is 6.04 Å². The molecule has 1 aliphatic carbocycles. The minimum absolute atomic E-state index is 0.0641. The third kappa shape index (κ3) is 4.41. The van der Waals surface area contributed by atoms with Crippen molar-refractivity contribution in [3.05, 3.63) is 34.9 Å². The maximum absolute atomic E-state index is 12.8. The summed E-state index contributed by atoms with van der Waals surface area (Å²) >= 11 is 5.92. The van der Waals surface area contributed by atoms with Crippen LogP contribution in [0.3, 0.4) is 0 Å². The average molecular weight is 378 g/mol. The molecule has 0 unspecified atom stereocenters. The smallest absolute Gasteiger partial charge is 0.239 e. The first-order valence-electron chi connectivity index (χ1n) is 10.0. The number of nitrogens with zero attached hydrogens (tertiary/aromatic N) is 1. The van der Waals surface area contributed by atoms with Crippen LogP contribution < -0.4 is 11.5 Å². The van der Waals surface area contributed by atoms with Crippen molar-refractivity contribution >= 4 is 17.5 Å². The Hall–Kier alpha value is -1.10. The van der Waals surface area contributed by atoms with Crippen LogP contribution >= 0.6 is 11.6 Å². The van der Waals surface area contributed by atoms with Crippen LogP contribution in [-0.2, 0) is 11.2 Å². The Bertz CT molecular complexity index is 590. The molecule has 1 saturated carbocycles. The lowest BCUT2D eigenvalue weighted by molar-refractivity contribution is -0.135. The normalized spacial score (nSPS) is 22.2.